The van der Waals surface area contributed by atoms with Crippen LogP contribution in [0.15, 0.2) is 4.52 Å². The molecular weight excluding hydrogens is 252 g/mol. The predicted octanol–water partition coefficient (Wildman–Crippen LogP) is 1.41. The minimum Gasteiger partial charge on any atom is -0.389 e. The van der Waals surface area contributed by atoms with E-state index < -0.39 is 5.60 Å². The zero-order valence-electron chi connectivity index (χ0n) is 11.2. The summed E-state index contributed by atoms with van der Waals surface area (Å²) in [6.07, 6.45) is 0. The van der Waals surface area contributed by atoms with Crippen molar-refractivity contribution >= 4 is 17.7 Å². The maximum Gasteiger partial charge on any atom is 0.230 e. The minimum absolute atomic E-state index is 0.0751. The maximum absolute atomic E-state index is 11.5. The van der Waals surface area contributed by atoms with Crippen molar-refractivity contribution in [3.05, 3.63) is 17.0 Å². The first kappa shape index (κ1) is 15.0. The van der Waals surface area contributed by atoms with Gasteiger partial charge in [-0.1, -0.05) is 5.16 Å². The van der Waals surface area contributed by atoms with Crippen molar-refractivity contribution in [1.29, 1.82) is 0 Å². The average Bonchev–Trinajstić information content (AvgIpc) is 2.57. The third-order valence-corrected chi connectivity index (χ3v) is 3.34. The van der Waals surface area contributed by atoms with Crippen LogP contribution in [0.1, 0.15) is 30.9 Å². The Bertz CT molecular complexity index is 390. The van der Waals surface area contributed by atoms with Crippen molar-refractivity contribution in [2.45, 2.75) is 39.0 Å². The van der Waals surface area contributed by atoms with Gasteiger partial charge in [0, 0.05) is 17.9 Å². The molecule has 1 heterocycles. The number of amides is 1. The Labute approximate surface area is 111 Å². The lowest BCUT2D eigenvalue weighted by atomic mass is 10.1. The van der Waals surface area contributed by atoms with E-state index in [1.807, 2.05) is 13.8 Å². The highest BCUT2D eigenvalue weighted by Crippen LogP contribution is 2.19. The lowest BCUT2D eigenvalue weighted by Crippen LogP contribution is -2.38. The Kier molecular flexibility index (Phi) is 5.22. The topological polar surface area (TPSA) is 75.4 Å². The maximum atomic E-state index is 11.5. The predicted molar refractivity (Wildman–Crippen MR) is 71.4 cm³/mol. The second kappa shape index (κ2) is 6.24. The number of aryl methyl sites for hydroxylation is 2. The second-order valence-corrected chi connectivity index (χ2v) is 5.87. The molecule has 0 saturated carbocycles. The van der Waals surface area contributed by atoms with E-state index in [1.54, 1.807) is 13.8 Å². The fraction of sp³-hybridized carbons (Fsp3) is 0.667. The number of rotatable bonds is 6. The van der Waals surface area contributed by atoms with E-state index in [9.17, 15) is 9.90 Å². The van der Waals surface area contributed by atoms with Gasteiger partial charge in [-0.25, -0.2) is 0 Å². The van der Waals surface area contributed by atoms with Crippen LogP contribution in [0.5, 0.6) is 0 Å². The first-order valence-corrected chi connectivity index (χ1v) is 6.93. The third-order valence-electron chi connectivity index (χ3n) is 2.38. The molecule has 1 aromatic rings. The number of nitrogens with one attached hydrogen (secondary N) is 1. The van der Waals surface area contributed by atoms with E-state index in [1.165, 1.54) is 11.8 Å². The molecule has 1 rings (SSSR count). The molecule has 1 amide bonds. The molecule has 2 N–H and O–H groups in total. The number of carbonyl (C=O) groups excluding carboxylic acids is 1. The average molecular weight is 272 g/mol. The summed E-state index contributed by atoms with van der Waals surface area (Å²) >= 11 is 1.50. The van der Waals surface area contributed by atoms with E-state index in [0.717, 1.165) is 17.0 Å². The van der Waals surface area contributed by atoms with Crippen molar-refractivity contribution < 1.29 is 14.4 Å². The summed E-state index contributed by atoms with van der Waals surface area (Å²) in [5.41, 5.74) is 1.05. The molecule has 102 valence electrons. The Hall–Kier alpha value is -1.01. The summed E-state index contributed by atoms with van der Waals surface area (Å²) in [4.78, 5) is 11.5. The Morgan fingerprint density at radius 1 is 1.50 bits per heavy atom. The highest BCUT2D eigenvalue weighted by molar-refractivity contribution is 7.99. The van der Waals surface area contributed by atoms with Gasteiger partial charge in [0.05, 0.1) is 17.0 Å². The molecule has 0 aromatic carbocycles. The van der Waals surface area contributed by atoms with Crippen molar-refractivity contribution in [3.8, 4) is 0 Å². The van der Waals surface area contributed by atoms with Gasteiger partial charge >= 0.3 is 0 Å². The lowest BCUT2D eigenvalue weighted by molar-refractivity contribution is -0.119. The second-order valence-electron chi connectivity index (χ2n) is 4.88. The van der Waals surface area contributed by atoms with Gasteiger partial charge in [0.15, 0.2) is 0 Å². The molecule has 0 aliphatic rings. The summed E-state index contributed by atoms with van der Waals surface area (Å²) in [6, 6.07) is 0. The van der Waals surface area contributed by atoms with Crippen molar-refractivity contribution in [1.82, 2.24) is 10.5 Å². The third kappa shape index (κ3) is 5.10. The van der Waals surface area contributed by atoms with Gasteiger partial charge in [-0.2, -0.15) is 0 Å². The van der Waals surface area contributed by atoms with Crippen LogP contribution >= 0.6 is 11.8 Å². The van der Waals surface area contributed by atoms with Gasteiger partial charge in [-0.15, -0.1) is 11.8 Å². The standard InChI is InChI=1S/C12H20N2O3S/c1-8-10(9(2)17-14-8)5-18-6-11(15)13-7-12(3,4)16/h16H,5-7H2,1-4H3,(H,13,15). The van der Waals surface area contributed by atoms with Gasteiger partial charge in [0.1, 0.15) is 5.76 Å². The molecule has 0 fully saturated rings. The van der Waals surface area contributed by atoms with Crippen LogP contribution in [-0.2, 0) is 10.5 Å². The van der Waals surface area contributed by atoms with Crippen molar-refractivity contribution in [3.63, 3.8) is 0 Å². The van der Waals surface area contributed by atoms with Gasteiger partial charge in [0.25, 0.3) is 0 Å². The molecule has 5 nitrogen and oxygen atoms in total. The SMILES string of the molecule is Cc1noc(C)c1CSCC(=O)NCC(C)(C)O. The van der Waals surface area contributed by atoms with Crippen LogP contribution in [0.25, 0.3) is 0 Å². The molecule has 0 unspecified atom stereocenters. The molecule has 6 heteroatoms. The van der Waals surface area contributed by atoms with E-state index in [0.29, 0.717) is 11.5 Å². The number of thioether (sulfide) groups is 1. The van der Waals surface area contributed by atoms with Crippen LogP contribution in [0, 0.1) is 13.8 Å². The number of hydrogen-bond acceptors (Lipinski definition) is 5. The lowest BCUT2D eigenvalue weighted by Gasteiger charge is -2.17. The molecule has 0 aliphatic carbocycles. The number of carbonyl (C=O) groups is 1. The molecular formula is C12H20N2O3S. The van der Waals surface area contributed by atoms with E-state index >= 15 is 0 Å². The van der Waals surface area contributed by atoms with Crippen LogP contribution < -0.4 is 5.32 Å². The fourth-order valence-corrected chi connectivity index (χ4v) is 2.33. The van der Waals surface area contributed by atoms with Gasteiger partial charge in [-0.05, 0) is 27.7 Å². The smallest absolute Gasteiger partial charge is 0.230 e. The zero-order chi connectivity index (χ0) is 13.8. The van der Waals surface area contributed by atoms with E-state index in [-0.39, 0.29) is 12.5 Å². The van der Waals surface area contributed by atoms with Gasteiger partial charge < -0.3 is 14.9 Å². The number of hydrogen-bond donors (Lipinski definition) is 2. The molecule has 0 bridgehead atoms. The highest BCUT2D eigenvalue weighted by Gasteiger charge is 2.14. The largest absolute Gasteiger partial charge is 0.389 e. The summed E-state index contributed by atoms with van der Waals surface area (Å²) < 4.78 is 5.05. The molecule has 0 atom stereocenters. The summed E-state index contributed by atoms with van der Waals surface area (Å²) in [5.74, 6) is 1.79. The molecule has 1 aromatic heterocycles. The van der Waals surface area contributed by atoms with Crippen molar-refractivity contribution in [2.75, 3.05) is 12.3 Å². The quantitative estimate of drug-likeness (QED) is 0.819. The van der Waals surface area contributed by atoms with Crippen LogP contribution in [0.2, 0.25) is 0 Å². The summed E-state index contributed by atoms with van der Waals surface area (Å²) in [6.45, 7) is 7.33. The van der Waals surface area contributed by atoms with Crippen LogP contribution in [-0.4, -0.2) is 34.1 Å². The first-order chi connectivity index (χ1) is 8.29. The normalized spacial score (nSPS) is 11.6. The molecule has 18 heavy (non-hydrogen) atoms. The number of aromatic nitrogens is 1. The summed E-state index contributed by atoms with van der Waals surface area (Å²) in [5, 5.41) is 16.0. The zero-order valence-corrected chi connectivity index (χ0v) is 12.1. The van der Waals surface area contributed by atoms with Crippen molar-refractivity contribution in [2.24, 2.45) is 0 Å². The van der Waals surface area contributed by atoms with Crippen LogP contribution in [0.4, 0.5) is 0 Å². The summed E-state index contributed by atoms with van der Waals surface area (Å²) in [7, 11) is 0. The monoisotopic (exact) mass is 272 g/mol. The van der Waals surface area contributed by atoms with Gasteiger partial charge in [0.2, 0.25) is 5.91 Å². The molecule has 0 spiro atoms. The number of nitrogens with zero attached hydrogens (tertiary/aromatic N) is 1. The number of aliphatic hydroxyl groups is 1. The minimum atomic E-state index is -0.873. The van der Waals surface area contributed by atoms with E-state index in [2.05, 4.69) is 10.5 Å². The van der Waals surface area contributed by atoms with Crippen LogP contribution in [0.3, 0.4) is 0 Å². The fourth-order valence-electron chi connectivity index (χ4n) is 1.32. The Morgan fingerprint density at radius 3 is 2.67 bits per heavy atom. The molecule has 0 radical (unpaired) electrons. The molecule has 0 saturated heterocycles. The van der Waals surface area contributed by atoms with Gasteiger partial charge in [-0.3, -0.25) is 4.79 Å². The highest BCUT2D eigenvalue weighted by atomic mass is 32.2. The Balaban J connectivity index is 2.28. The first-order valence-electron chi connectivity index (χ1n) is 5.78. The van der Waals surface area contributed by atoms with E-state index in [4.69, 9.17) is 4.52 Å². The Morgan fingerprint density at radius 2 is 2.17 bits per heavy atom. The molecule has 0 aliphatic heterocycles.